The molecule has 0 radical (unpaired) electrons. The largest absolute Gasteiger partial charge is 0.506 e. The smallest absolute Gasteiger partial charge is 0.262 e. The van der Waals surface area contributed by atoms with Crippen LogP contribution in [-0.2, 0) is 4.79 Å². The Kier molecular flexibility index (Phi) is 5.73. The van der Waals surface area contributed by atoms with E-state index in [9.17, 15) is 15.0 Å². The Balaban J connectivity index is 1.74. The minimum atomic E-state index is -0.425. The van der Waals surface area contributed by atoms with Crippen LogP contribution in [0.2, 0.25) is 0 Å². The van der Waals surface area contributed by atoms with Crippen molar-refractivity contribution in [2.75, 3.05) is 11.6 Å². The number of nitrogens with zero attached hydrogens (tertiary/aromatic N) is 3. The average molecular weight is 494 g/mol. The summed E-state index contributed by atoms with van der Waals surface area (Å²) in [5, 5.41) is 21.6. The number of anilines is 1. The fraction of sp³-hybridized carbons (Fsp3) is 0.0556. The fourth-order valence-corrected chi connectivity index (χ4v) is 3.52. The van der Waals surface area contributed by atoms with Crippen LogP contribution in [0.15, 0.2) is 56.5 Å². The van der Waals surface area contributed by atoms with Crippen molar-refractivity contribution >= 4 is 60.6 Å². The van der Waals surface area contributed by atoms with E-state index in [0.29, 0.717) is 15.7 Å². The molecule has 0 bridgehead atoms. The van der Waals surface area contributed by atoms with E-state index in [0.717, 1.165) is 15.9 Å². The van der Waals surface area contributed by atoms with E-state index in [2.05, 4.69) is 41.8 Å². The summed E-state index contributed by atoms with van der Waals surface area (Å²) in [5.74, 6) is 5.17. The van der Waals surface area contributed by atoms with E-state index in [4.69, 9.17) is 5.84 Å². The molecule has 0 aliphatic heterocycles. The number of aromatic hydroxyl groups is 2. The first-order valence-corrected chi connectivity index (χ1v) is 9.29. The van der Waals surface area contributed by atoms with Gasteiger partial charge < -0.3 is 10.2 Å². The molecule has 0 unspecified atom stereocenters. The number of aromatic nitrogens is 1. The first kappa shape index (κ1) is 19.3. The standard InChI is InChI=1S/C18H14Br2N4O3/c19-13-7-11(17(26)16(20)18(13)27)8-22-9-15(25)24(21)12-3-4-14-10(6-12)2-1-5-23-14/h1-8,26-27H,9,21H2. The molecule has 9 heteroatoms. The van der Waals surface area contributed by atoms with Crippen LogP contribution in [0.5, 0.6) is 11.5 Å². The molecule has 1 amide bonds. The molecule has 0 atom stereocenters. The summed E-state index contributed by atoms with van der Waals surface area (Å²) in [7, 11) is 0. The van der Waals surface area contributed by atoms with Crippen LogP contribution >= 0.6 is 31.9 Å². The second-order valence-corrected chi connectivity index (χ2v) is 7.22. The maximum Gasteiger partial charge on any atom is 0.262 e. The highest BCUT2D eigenvalue weighted by Crippen LogP contribution is 2.40. The lowest BCUT2D eigenvalue weighted by Crippen LogP contribution is -2.39. The molecular weight excluding hydrogens is 480 g/mol. The number of benzene rings is 2. The molecule has 3 aromatic rings. The number of phenols is 2. The van der Waals surface area contributed by atoms with Crippen molar-refractivity contribution in [1.29, 1.82) is 0 Å². The van der Waals surface area contributed by atoms with Gasteiger partial charge >= 0.3 is 0 Å². The average Bonchev–Trinajstić information content (AvgIpc) is 2.69. The highest BCUT2D eigenvalue weighted by Gasteiger charge is 2.14. The summed E-state index contributed by atoms with van der Waals surface area (Å²) in [6, 6.07) is 10.4. The monoisotopic (exact) mass is 492 g/mol. The lowest BCUT2D eigenvalue weighted by atomic mass is 10.2. The molecule has 27 heavy (non-hydrogen) atoms. The topological polar surface area (TPSA) is 112 Å². The van der Waals surface area contributed by atoms with Gasteiger partial charge in [0.2, 0.25) is 0 Å². The molecule has 0 saturated carbocycles. The van der Waals surface area contributed by atoms with Gasteiger partial charge in [0, 0.05) is 23.4 Å². The van der Waals surface area contributed by atoms with Crippen LogP contribution < -0.4 is 10.9 Å². The third kappa shape index (κ3) is 4.10. The summed E-state index contributed by atoms with van der Waals surface area (Å²) in [5.41, 5.74) is 1.66. The van der Waals surface area contributed by atoms with Gasteiger partial charge in [-0.25, -0.2) is 10.9 Å². The van der Waals surface area contributed by atoms with Crippen LogP contribution in [-0.4, -0.2) is 33.9 Å². The van der Waals surface area contributed by atoms with Crippen LogP contribution in [0, 0.1) is 0 Å². The molecule has 2 aromatic carbocycles. The quantitative estimate of drug-likeness (QED) is 0.223. The molecule has 1 aromatic heterocycles. The molecule has 3 rings (SSSR count). The van der Waals surface area contributed by atoms with Crippen molar-refractivity contribution in [2.24, 2.45) is 10.8 Å². The van der Waals surface area contributed by atoms with Gasteiger partial charge in [0.1, 0.15) is 22.5 Å². The van der Waals surface area contributed by atoms with Crippen molar-refractivity contribution in [3.05, 3.63) is 57.1 Å². The zero-order valence-electron chi connectivity index (χ0n) is 13.8. The highest BCUT2D eigenvalue weighted by molar-refractivity contribution is 9.11. The zero-order chi connectivity index (χ0) is 19.6. The van der Waals surface area contributed by atoms with E-state index in [1.807, 2.05) is 6.07 Å². The zero-order valence-corrected chi connectivity index (χ0v) is 17.0. The lowest BCUT2D eigenvalue weighted by Gasteiger charge is -2.16. The fourth-order valence-electron chi connectivity index (χ4n) is 2.37. The number of carbonyl (C=O) groups is 1. The van der Waals surface area contributed by atoms with Crippen molar-refractivity contribution in [3.8, 4) is 11.5 Å². The molecule has 0 spiro atoms. The van der Waals surface area contributed by atoms with Crippen molar-refractivity contribution in [1.82, 2.24) is 4.98 Å². The van der Waals surface area contributed by atoms with Gasteiger partial charge in [-0.15, -0.1) is 0 Å². The molecule has 0 aliphatic carbocycles. The second kappa shape index (κ2) is 8.03. The Hall–Kier alpha value is -2.49. The van der Waals surface area contributed by atoms with E-state index < -0.39 is 5.91 Å². The van der Waals surface area contributed by atoms with Gasteiger partial charge in [-0.1, -0.05) is 6.07 Å². The normalized spacial score (nSPS) is 11.2. The summed E-state index contributed by atoms with van der Waals surface area (Å²) < 4.78 is 0.514. The summed E-state index contributed by atoms with van der Waals surface area (Å²) >= 11 is 6.26. The summed E-state index contributed by atoms with van der Waals surface area (Å²) in [6.45, 7) is -0.211. The molecule has 138 valence electrons. The maximum absolute atomic E-state index is 12.3. The van der Waals surface area contributed by atoms with E-state index in [1.165, 1.54) is 12.3 Å². The maximum atomic E-state index is 12.3. The van der Waals surface area contributed by atoms with Gasteiger partial charge in [0.25, 0.3) is 5.91 Å². The number of carbonyl (C=O) groups excluding carboxylic acids is 1. The number of nitrogens with two attached hydrogens (primary N) is 1. The predicted molar refractivity (Wildman–Crippen MR) is 111 cm³/mol. The number of fused-ring (bicyclic) bond motifs is 1. The summed E-state index contributed by atoms with van der Waals surface area (Å²) in [6.07, 6.45) is 3.03. The first-order valence-electron chi connectivity index (χ1n) is 7.70. The molecule has 0 saturated heterocycles. The number of hydrogen-bond donors (Lipinski definition) is 3. The predicted octanol–water partition coefficient (Wildman–Crippen LogP) is 3.50. The minimum absolute atomic E-state index is 0.125. The molecule has 4 N–H and O–H groups in total. The first-order chi connectivity index (χ1) is 12.9. The molecule has 0 fully saturated rings. The number of halogens is 2. The van der Waals surface area contributed by atoms with Gasteiger partial charge in [-0.3, -0.25) is 14.8 Å². The number of pyridine rings is 1. The van der Waals surface area contributed by atoms with Crippen LogP contribution in [0.25, 0.3) is 10.9 Å². The molecule has 1 heterocycles. The SMILES string of the molecule is NN(C(=O)CN=Cc1cc(Br)c(O)c(Br)c1O)c1ccc2ncccc2c1. The number of amides is 1. The van der Waals surface area contributed by atoms with Gasteiger partial charge in [0.15, 0.2) is 0 Å². The van der Waals surface area contributed by atoms with Crippen molar-refractivity contribution in [2.45, 2.75) is 0 Å². The Morgan fingerprint density at radius 1 is 1.22 bits per heavy atom. The van der Waals surface area contributed by atoms with Gasteiger partial charge in [-0.2, -0.15) is 0 Å². The number of rotatable bonds is 4. The van der Waals surface area contributed by atoms with E-state index >= 15 is 0 Å². The number of hydrazine groups is 1. The van der Waals surface area contributed by atoms with Crippen LogP contribution in [0.4, 0.5) is 5.69 Å². The van der Waals surface area contributed by atoms with E-state index in [-0.39, 0.29) is 22.5 Å². The lowest BCUT2D eigenvalue weighted by molar-refractivity contribution is -0.117. The van der Waals surface area contributed by atoms with Crippen LogP contribution in [0.3, 0.4) is 0 Å². The third-order valence-electron chi connectivity index (χ3n) is 3.79. The molecule has 0 aliphatic rings. The van der Waals surface area contributed by atoms with Crippen LogP contribution in [0.1, 0.15) is 5.56 Å². The number of aliphatic imine (C=N–C) groups is 1. The Bertz CT molecular complexity index is 1060. The van der Waals surface area contributed by atoms with Gasteiger partial charge in [0.05, 0.1) is 15.7 Å². The van der Waals surface area contributed by atoms with Crippen molar-refractivity contribution in [3.63, 3.8) is 0 Å². The third-order valence-corrected chi connectivity index (χ3v) is 5.14. The number of hydrogen-bond acceptors (Lipinski definition) is 6. The minimum Gasteiger partial charge on any atom is -0.506 e. The Morgan fingerprint density at radius 2 is 2.00 bits per heavy atom. The van der Waals surface area contributed by atoms with Gasteiger partial charge in [-0.05, 0) is 62.2 Å². The molecule has 7 nitrogen and oxygen atoms in total. The molecular formula is C18H14Br2N4O3. The second-order valence-electron chi connectivity index (χ2n) is 5.57. The summed E-state index contributed by atoms with van der Waals surface area (Å²) in [4.78, 5) is 20.5. The highest BCUT2D eigenvalue weighted by atomic mass is 79.9. The Labute approximate surface area is 171 Å². The van der Waals surface area contributed by atoms with E-state index in [1.54, 1.807) is 30.5 Å². The Morgan fingerprint density at radius 3 is 2.78 bits per heavy atom. The number of phenolic OH excluding ortho intramolecular Hbond substituents is 2. The van der Waals surface area contributed by atoms with Crippen molar-refractivity contribution < 1.29 is 15.0 Å².